The van der Waals surface area contributed by atoms with Gasteiger partial charge in [-0.05, 0) is 59.9 Å². The van der Waals surface area contributed by atoms with Crippen LogP contribution in [-0.2, 0) is 31.9 Å². The number of unbranched alkanes of at least 4 members (excludes halogenated alkanes) is 2. The van der Waals surface area contributed by atoms with E-state index in [-0.39, 0.29) is 5.82 Å². The molecule has 0 saturated carbocycles. The van der Waals surface area contributed by atoms with Gasteiger partial charge in [-0.3, -0.25) is 0 Å². The van der Waals surface area contributed by atoms with Crippen LogP contribution in [0.4, 0.5) is 17.6 Å². The van der Waals surface area contributed by atoms with Crippen molar-refractivity contribution in [2.45, 2.75) is 58.0 Å². The molecule has 37 heavy (non-hydrogen) atoms. The molecule has 194 valence electrons. The molecule has 0 aliphatic carbocycles. The first kappa shape index (κ1) is 26.6. The Labute approximate surface area is 214 Å². The summed E-state index contributed by atoms with van der Waals surface area (Å²) in [6.07, 6.45) is 4.60. The van der Waals surface area contributed by atoms with Gasteiger partial charge in [-0.1, -0.05) is 62.2 Å². The summed E-state index contributed by atoms with van der Waals surface area (Å²) in [4.78, 5) is 8.78. The summed E-state index contributed by atoms with van der Waals surface area (Å²) >= 11 is 0. The molecule has 0 amide bonds. The number of ether oxygens (including phenoxy) is 1. The monoisotopic (exact) mass is 510 g/mol. The minimum atomic E-state index is -4.36. The average molecular weight is 511 g/mol. The molecule has 4 rings (SSSR count). The molecule has 0 aliphatic rings. The number of alkyl halides is 3. The van der Waals surface area contributed by atoms with E-state index in [9.17, 15) is 13.2 Å². The van der Waals surface area contributed by atoms with E-state index in [1.807, 2.05) is 18.2 Å². The molecule has 4 aromatic rings. The first-order valence-electron chi connectivity index (χ1n) is 12.6. The normalized spacial score (nSPS) is 11.7. The Bertz CT molecular complexity index is 1300. The van der Waals surface area contributed by atoms with Crippen molar-refractivity contribution in [1.29, 1.82) is 0 Å². The molecule has 0 radical (unpaired) electrons. The third-order valence-corrected chi connectivity index (χ3v) is 6.40. The van der Waals surface area contributed by atoms with Crippen molar-refractivity contribution < 1.29 is 22.3 Å². The molecular weight excluding hydrogens is 480 g/mol. The molecule has 0 saturated heterocycles. The fourth-order valence-corrected chi connectivity index (χ4v) is 4.22. The van der Waals surface area contributed by atoms with E-state index >= 15 is 4.39 Å². The maximum Gasteiger partial charge on any atom is 0.416 e. The van der Waals surface area contributed by atoms with E-state index < -0.39 is 11.7 Å². The van der Waals surface area contributed by atoms with Gasteiger partial charge in [0, 0.05) is 11.8 Å². The Morgan fingerprint density at radius 2 is 1.49 bits per heavy atom. The zero-order chi connectivity index (χ0) is 26.3. The van der Waals surface area contributed by atoms with Crippen LogP contribution in [0.1, 0.15) is 54.3 Å². The fourth-order valence-electron chi connectivity index (χ4n) is 4.22. The van der Waals surface area contributed by atoms with Crippen LogP contribution in [0.2, 0.25) is 0 Å². The van der Waals surface area contributed by atoms with Crippen LogP contribution in [0.3, 0.4) is 0 Å². The second kappa shape index (κ2) is 12.2. The van der Waals surface area contributed by atoms with Crippen LogP contribution in [0.15, 0.2) is 67.0 Å². The Morgan fingerprint density at radius 1 is 0.784 bits per heavy atom. The van der Waals surface area contributed by atoms with E-state index in [4.69, 9.17) is 4.74 Å². The maximum atomic E-state index is 15.2. The van der Waals surface area contributed by atoms with E-state index in [1.54, 1.807) is 24.5 Å². The highest BCUT2D eigenvalue weighted by atomic mass is 19.4. The van der Waals surface area contributed by atoms with Gasteiger partial charge in [0.05, 0.1) is 24.6 Å². The second-order valence-corrected chi connectivity index (χ2v) is 9.18. The molecule has 1 aromatic heterocycles. The summed E-state index contributed by atoms with van der Waals surface area (Å²) in [5.41, 5.74) is 1.67. The molecule has 0 N–H and O–H groups in total. The lowest BCUT2D eigenvalue weighted by molar-refractivity contribution is -0.137. The van der Waals surface area contributed by atoms with Gasteiger partial charge in [-0.25, -0.2) is 14.4 Å². The lowest BCUT2D eigenvalue weighted by Gasteiger charge is -2.10. The number of aryl methyl sites for hydroxylation is 4. The third-order valence-electron chi connectivity index (χ3n) is 6.40. The standard InChI is InChI=1S/C30H30F4N2O/c1-2-3-4-17-37-26-19-35-28(36-20-26)16-9-22-8-15-27-24(18-22)12-11-23(29(27)31)10-5-21-6-13-25(14-7-21)30(32,33)34/h6-8,11-15,18-20H,2-5,9-10,16-17H2,1H3. The van der Waals surface area contributed by atoms with Crippen LogP contribution < -0.4 is 4.74 Å². The smallest absolute Gasteiger partial charge is 0.416 e. The minimum absolute atomic E-state index is 0.283. The number of nitrogens with zero attached hydrogens (tertiary/aromatic N) is 2. The first-order chi connectivity index (χ1) is 17.8. The molecule has 3 nitrogen and oxygen atoms in total. The van der Waals surface area contributed by atoms with Gasteiger partial charge in [0.2, 0.25) is 0 Å². The highest BCUT2D eigenvalue weighted by Crippen LogP contribution is 2.29. The topological polar surface area (TPSA) is 35.0 Å². The van der Waals surface area contributed by atoms with Gasteiger partial charge in [0.1, 0.15) is 11.6 Å². The average Bonchev–Trinajstić information content (AvgIpc) is 2.90. The van der Waals surface area contributed by atoms with Gasteiger partial charge in [0.15, 0.2) is 5.75 Å². The molecule has 0 aliphatic heterocycles. The molecule has 7 heteroatoms. The Kier molecular flexibility index (Phi) is 8.74. The summed E-state index contributed by atoms with van der Waals surface area (Å²) in [5, 5.41) is 1.35. The number of rotatable bonds is 11. The molecule has 0 unspecified atom stereocenters. The van der Waals surface area contributed by atoms with E-state index in [1.165, 1.54) is 12.1 Å². The van der Waals surface area contributed by atoms with Crippen LogP contribution in [0.5, 0.6) is 5.75 Å². The van der Waals surface area contributed by atoms with Crippen molar-refractivity contribution in [3.63, 3.8) is 0 Å². The molecular formula is C30H30F4N2O. The van der Waals surface area contributed by atoms with Gasteiger partial charge >= 0.3 is 6.18 Å². The fraction of sp³-hybridized carbons (Fsp3) is 0.333. The maximum absolute atomic E-state index is 15.2. The largest absolute Gasteiger partial charge is 0.490 e. The van der Waals surface area contributed by atoms with Crippen molar-refractivity contribution in [2.24, 2.45) is 0 Å². The van der Waals surface area contributed by atoms with E-state index in [0.29, 0.717) is 42.6 Å². The van der Waals surface area contributed by atoms with Gasteiger partial charge in [0.25, 0.3) is 0 Å². The van der Waals surface area contributed by atoms with Crippen molar-refractivity contribution >= 4 is 10.8 Å². The molecule has 0 fully saturated rings. The summed E-state index contributed by atoms with van der Waals surface area (Å²) < 4.78 is 59.1. The van der Waals surface area contributed by atoms with Crippen LogP contribution >= 0.6 is 0 Å². The van der Waals surface area contributed by atoms with E-state index in [0.717, 1.165) is 60.2 Å². The highest BCUT2D eigenvalue weighted by Gasteiger charge is 2.29. The number of halogens is 4. The number of benzene rings is 3. The first-order valence-corrected chi connectivity index (χ1v) is 12.6. The van der Waals surface area contributed by atoms with Crippen LogP contribution in [0.25, 0.3) is 10.8 Å². The van der Waals surface area contributed by atoms with Crippen molar-refractivity contribution in [1.82, 2.24) is 9.97 Å². The number of aromatic nitrogens is 2. The summed E-state index contributed by atoms with van der Waals surface area (Å²) in [6.45, 7) is 2.82. The highest BCUT2D eigenvalue weighted by molar-refractivity contribution is 5.84. The molecule has 0 atom stereocenters. The number of hydrogen-bond donors (Lipinski definition) is 0. The third kappa shape index (κ3) is 7.28. The number of fused-ring (bicyclic) bond motifs is 1. The molecule has 0 bridgehead atoms. The lowest BCUT2D eigenvalue weighted by Crippen LogP contribution is -2.04. The molecule has 1 heterocycles. The van der Waals surface area contributed by atoms with Crippen LogP contribution in [-0.4, -0.2) is 16.6 Å². The Morgan fingerprint density at radius 3 is 2.19 bits per heavy atom. The quantitative estimate of drug-likeness (QED) is 0.152. The predicted octanol–water partition coefficient (Wildman–Crippen LogP) is 7.93. The molecule has 3 aromatic carbocycles. The zero-order valence-corrected chi connectivity index (χ0v) is 20.8. The predicted molar refractivity (Wildman–Crippen MR) is 137 cm³/mol. The van der Waals surface area contributed by atoms with Crippen molar-refractivity contribution in [3.8, 4) is 5.75 Å². The van der Waals surface area contributed by atoms with Gasteiger partial charge < -0.3 is 4.74 Å². The zero-order valence-electron chi connectivity index (χ0n) is 20.8. The van der Waals surface area contributed by atoms with Crippen molar-refractivity contribution in [2.75, 3.05) is 6.61 Å². The summed E-state index contributed by atoms with van der Waals surface area (Å²) in [7, 11) is 0. The minimum Gasteiger partial charge on any atom is -0.490 e. The number of hydrogen-bond acceptors (Lipinski definition) is 3. The second-order valence-electron chi connectivity index (χ2n) is 9.18. The SMILES string of the molecule is CCCCCOc1cnc(CCc2ccc3c(F)c(CCc4ccc(C(F)(F)F)cc4)ccc3c2)nc1. The van der Waals surface area contributed by atoms with Gasteiger partial charge in [-0.2, -0.15) is 13.2 Å². The van der Waals surface area contributed by atoms with Crippen LogP contribution in [0, 0.1) is 5.82 Å². The lowest BCUT2D eigenvalue weighted by atomic mass is 9.98. The Balaban J connectivity index is 1.34. The van der Waals surface area contributed by atoms with Gasteiger partial charge in [-0.15, -0.1) is 0 Å². The van der Waals surface area contributed by atoms with E-state index in [2.05, 4.69) is 16.9 Å². The molecule has 0 spiro atoms. The summed E-state index contributed by atoms with van der Waals surface area (Å²) in [6, 6.07) is 14.4. The van der Waals surface area contributed by atoms with Crippen molar-refractivity contribution in [3.05, 3.63) is 101 Å². The Hall–Kier alpha value is -3.48. The summed E-state index contributed by atoms with van der Waals surface area (Å²) in [5.74, 6) is 1.12.